The molecule has 0 amide bonds. The van der Waals surface area contributed by atoms with E-state index < -0.39 is 0 Å². The standard InChI is InChI=1S/C13H18N2S2/c1-13(7-4-8-13)15-9-5-3-6-10(17-2)11(9)12(14)16/h3,5-6,15H,4,7-8H2,1-2H3,(H2,14,16). The first kappa shape index (κ1) is 12.7. The van der Waals surface area contributed by atoms with E-state index in [1.54, 1.807) is 11.8 Å². The Hall–Kier alpha value is -0.740. The lowest BCUT2D eigenvalue weighted by atomic mass is 9.78. The smallest absolute Gasteiger partial charge is 0.107 e. The van der Waals surface area contributed by atoms with E-state index in [0.717, 1.165) is 16.1 Å². The maximum atomic E-state index is 5.85. The highest BCUT2D eigenvalue weighted by atomic mass is 32.2. The summed E-state index contributed by atoms with van der Waals surface area (Å²) < 4.78 is 0. The summed E-state index contributed by atoms with van der Waals surface area (Å²) >= 11 is 6.85. The van der Waals surface area contributed by atoms with Crippen LogP contribution in [0.25, 0.3) is 0 Å². The maximum absolute atomic E-state index is 5.85. The largest absolute Gasteiger partial charge is 0.389 e. The van der Waals surface area contributed by atoms with Crippen molar-refractivity contribution in [1.29, 1.82) is 0 Å². The second kappa shape index (κ2) is 4.86. The number of thioether (sulfide) groups is 1. The molecule has 1 saturated carbocycles. The Morgan fingerprint density at radius 1 is 1.47 bits per heavy atom. The second-order valence-electron chi connectivity index (χ2n) is 4.79. The summed E-state index contributed by atoms with van der Waals surface area (Å²) in [5.41, 5.74) is 8.13. The Bertz CT molecular complexity index is 439. The van der Waals surface area contributed by atoms with Gasteiger partial charge in [-0.25, -0.2) is 0 Å². The molecule has 0 bridgehead atoms. The van der Waals surface area contributed by atoms with E-state index >= 15 is 0 Å². The quantitative estimate of drug-likeness (QED) is 0.647. The van der Waals surface area contributed by atoms with Gasteiger partial charge in [-0.05, 0) is 44.6 Å². The Morgan fingerprint density at radius 3 is 2.65 bits per heavy atom. The number of hydrogen-bond donors (Lipinski definition) is 2. The van der Waals surface area contributed by atoms with Crippen molar-refractivity contribution in [3.05, 3.63) is 23.8 Å². The summed E-state index contributed by atoms with van der Waals surface area (Å²) in [5, 5.41) is 3.60. The molecule has 1 aromatic carbocycles. The van der Waals surface area contributed by atoms with Gasteiger partial charge in [-0.2, -0.15) is 0 Å². The van der Waals surface area contributed by atoms with Crippen LogP contribution in [0.2, 0.25) is 0 Å². The Morgan fingerprint density at radius 2 is 2.18 bits per heavy atom. The highest BCUT2D eigenvalue weighted by Gasteiger charge is 2.32. The average molecular weight is 266 g/mol. The molecule has 0 atom stereocenters. The normalized spacial score (nSPS) is 17.3. The molecule has 2 rings (SSSR count). The summed E-state index contributed by atoms with van der Waals surface area (Å²) in [6.45, 7) is 2.26. The van der Waals surface area contributed by atoms with Crippen LogP contribution < -0.4 is 11.1 Å². The zero-order chi connectivity index (χ0) is 12.5. The Labute approximate surface area is 112 Å². The molecule has 2 nitrogen and oxygen atoms in total. The van der Waals surface area contributed by atoms with Gasteiger partial charge >= 0.3 is 0 Å². The predicted octanol–water partition coefficient (Wildman–Crippen LogP) is 3.40. The molecular formula is C13H18N2S2. The average Bonchev–Trinajstić information content (AvgIpc) is 2.26. The van der Waals surface area contributed by atoms with E-state index in [2.05, 4.69) is 30.4 Å². The summed E-state index contributed by atoms with van der Waals surface area (Å²) in [6, 6.07) is 6.18. The zero-order valence-electron chi connectivity index (χ0n) is 10.2. The monoisotopic (exact) mass is 266 g/mol. The van der Waals surface area contributed by atoms with Crippen LogP contribution in [0.1, 0.15) is 31.7 Å². The lowest BCUT2D eigenvalue weighted by molar-refractivity contribution is 0.306. The molecule has 1 fully saturated rings. The SMILES string of the molecule is CSc1cccc(NC2(C)CCC2)c1C(N)=S. The molecule has 3 N–H and O–H groups in total. The number of thiocarbonyl (C=S) groups is 1. The van der Waals surface area contributed by atoms with Crippen molar-refractivity contribution in [3.63, 3.8) is 0 Å². The first-order chi connectivity index (χ1) is 8.06. The number of rotatable bonds is 4. The minimum absolute atomic E-state index is 0.219. The van der Waals surface area contributed by atoms with Crippen molar-refractivity contribution >= 4 is 34.7 Å². The van der Waals surface area contributed by atoms with E-state index in [-0.39, 0.29) is 5.54 Å². The van der Waals surface area contributed by atoms with Crippen LogP contribution in [-0.4, -0.2) is 16.8 Å². The fourth-order valence-corrected chi connectivity index (χ4v) is 3.14. The summed E-state index contributed by atoms with van der Waals surface area (Å²) in [7, 11) is 0. The molecule has 92 valence electrons. The van der Waals surface area contributed by atoms with Gasteiger partial charge in [0.05, 0.1) is 0 Å². The van der Waals surface area contributed by atoms with Gasteiger partial charge in [0.15, 0.2) is 0 Å². The first-order valence-corrected chi connectivity index (χ1v) is 7.44. The van der Waals surface area contributed by atoms with Crippen molar-refractivity contribution in [2.45, 2.75) is 36.6 Å². The molecule has 0 heterocycles. The van der Waals surface area contributed by atoms with Crippen LogP contribution in [0, 0.1) is 0 Å². The van der Waals surface area contributed by atoms with Crippen LogP contribution in [0.3, 0.4) is 0 Å². The molecule has 1 aliphatic rings. The van der Waals surface area contributed by atoms with E-state index in [1.807, 2.05) is 6.26 Å². The van der Waals surface area contributed by atoms with Gasteiger partial charge in [-0.3, -0.25) is 0 Å². The highest BCUT2D eigenvalue weighted by Crippen LogP contribution is 2.37. The first-order valence-electron chi connectivity index (χ1n) is 5.81. The molecule has 0 spiro atoms. The lowest BCUT2D eigenvalue weighted by Gasteiger charge is -2.40. The second-order valence-corrected chi connectivity index (χ2v) is 6.07. The van der Waals surface area contributed by atoms with Gasteiger partial charge in [-0.15, -0.1) is 11.8 Å². The highest BCUT2D eigenvalue weighted by molar-refractivity contribution is 7.98. The van der Waals surface area contributed by atoms with Crippen molar-refractivity contribution in [3.8, 4) is 0 Å². The third-order valence-electron chi connectivity index (χ3n) is 3.39. The lowest BCUT2D eigenvalue weighted by Crippen LogP contribution is -2.42. The van der Waals surface area contributed by atoms with Gasteiger partial charge in [-0.1, -0.05) is 18.3 Å². The number of hydrogen-bond acceptors (Lipinski definition) is 3. The fourth-order valence-electron chi connectivity index (χ4n) is 2.22. The number of benzene rings is 1. The van der Waals surface area contributed by atoms with E-state index in [9.17, 15) is 0 Å². The molecule has 0 unspecified atom stereocenters. The summed E-state index contributed by atoms with van der Waals surface area (Å²) in [4.78, 5) is 1.62. The van der Waals surface area contributed by atoms with E-state index in [0.29, 0.717) is 4.99 Å². The minimum atomic E-state index is 0.219. The fraction of sp³-hybridized carbons (Fsp3) is 0.462. The van der Waals surface area contributed by atoms with Gasteiger partial charge in [0, 0.05) is 21.7 Å². The third-order valence-corrected chi connectivity index (χ3v) is 4.37. The van der Waals surface area contributed by atoms with Gasteiger partial charge < -0.3 is 11.1 Å². The molecule has 17 heavy (non-hydrogen) atoms. The molecule has 4 heteroatoms. The van der Waals surface area contributed by atoms with Gasteiger partial charge in [0.1, 0.15) is 4.99 Å². The van der Waals surface area contributed by atoms with E-state index in [4.69, 9.17) is 18.0 Å². The molecule has 0 aliphatic heterocycles. The van der Waals surface area contributed by atoms with Crippen LogP contribution >= 0.6 is 24.0 Å². The molecule has 0 aromatic heterocycles. The molecule has 0 radical (unpaired) electrons. The Balaban J connectivity index is 2.35. The predicted molar refractivity (Wildman–Crippen MR) is 80.0 cm³/mol. The summed E-state index contributed by atoms with van der Waals surface area (Å²) in [6.07, 6.45) is 5.78. The molecule has 1 aliphatic carbocycles. The molecular weight excluding hydrogens is 248 g/mol. The van der Waals surface area contributed by atoms with Crippen molar-refractivity contribution < 1.29 is 0 Å². The van der Waals surface area contributed by atoms with Crippen molar-refractivity contribution in [2.24, 2.45) is 5.73 Å². The van der Waals surface area contributed by atoms with Crippen LogP contribution in [-0.2, 0) is 0 Å². The van der Waals surface area contributed by atoms with Crippen LogP contribution in [0.5, 0.6) is 0 Å². The molecule has 1 aromatic rings. The van der Waals surface area contributed by atoms with Gasteiger partial charge in [0.2, 0.25) is 0 Å². The summed E-state index contributed by atoms with van der Waals surface area (Å²) in [5.74, 6) is 0. The number of nitrogens with two attached hydrogens (primary N) is 1. The van der Waals surface area contributed by atoms with Crippen LogP contribution in [0.15, 0.2) is 23.1 Å². The zero-order valence-corrected chi connectivity index (χ0v) is 11.9. The number of nitrogens with one attached hydrogen (secondary N) is 1. The van der Waals surface area contributed by atoms with Crippen molar-refractivity contribution in [2.75, 3.05) is 11.6 Å². The molecule has 0 saturated heterocycles. The minimum Gasteiger partial charge on any atom is -0.389 e. The Kier molecular flexibility index (Phi) is 3.64. The third kappa shape index (κ3) is 2.58. The van der Waals surface area contributed by atoms with Gasteiger partial charge in [0.25, 0.3) is 0 Å². The van der Waals surface area contributed by atoms with E-state index in [1.165, 1.54) is 19.3 Å². The maximum Gasteiger partial charge on any atom is 0.107 e. The van der Waals surface area contributed by atoms with Crippen molar-refractivity contribution in [1.82, 2.24) is 0 Å². The number of anilines is 1. The topological polar surface area (TPSA) is 38.0 Å². The van der Waals surface area contributed by atoms with Crippen LogP contribution in [0.4, 0.5) is 5.69 Å².